The number of para-hydroxylation sites is 1. The Balaban J connectivity index is 2.61. The molecule has 42 heavy (non-hydrogen) atoms. The number of ether oxygens (including phenoxy) is 4. The highest BCUT2D eigenvalue weighted by Crippen LogP contribution is 2.46. The second kappa shape index (κ2) is 17.4. The summed E-state index contributed by atoms with van der Waals surface area (Å²) < 4.78 is 24.4. The maximum absolute atomic E-state index is 6.19. The number of guanidine groups is 4. The number of rotatable bonds is 18. The van der Waals surface area contributed by atoms with Crippen LogP contribution in [-0.2, 0) is 6.54 Å². The molecule has 0 saturated carbocycles. The van der Waals surface area contributed by atoms with Crippen molar-refractivity contribution in [2.24, 2.45) is 71.6 Å². The Morgan fingerprint density at radius 1 is 0.500 bits per heavy atom. The summed E-state index contributed by atoms with van der Waals surface area (Å²) in [6.07, 6.45) is 0. The molecule has 0 unspecified atom stereocenters. The standard InChI is InChI=1S/C25H41N13O4/c26-14-15-4-5-17(21(42-13-9-38-25(33)34)19(15)40-11-7-36-23(29)30)16-2-1-3-18(39-10-6-35-22(27)28)20(16)41-12-8-37-24(31)32/h1-5H,6-14,26H2,(H4,27,28,35)(H4,29,30,36)(H4,31,32,37)(H4,33,34,38). The molecule has 0 aromatic heterocycles. The summed E-state index contributed by atoms with van der Waals surface area (Å²) in [6.45, 7) is 1.60. The van der Waals surface area contributed by atoms with E-state index in [9.17, 15) is 0 Å². The van der Waals surface area contributed by atoms with Crippen molar-refractivity contribution in [3.05, 3.63) is 35.9 Å². The van der Waals surface area contributed by atoms with Gasteiger partial charge in [-0.3, -0.25) is 20.0 Å². The second-order valence-electron chi connectivity index (χ2n) is 8.39. The molecular weight excluding hydrogens is 546 g/mol. The van der Waals surface area contributed by atoms with E-state index in [1.807, 2.05) is 18.2 Å². The van der Waals surface area contributed by atoms with Gasteiger partial charge >= 0.3 is 0 Å². The number of benzene rings is 2. The molecule has 0 aliphatic heterocycles. The maximum atomic E-state index is 6.19. The molecule has 0 fully saturated rings. The molecule has 0 amide bonds. The fraction of sp³-hybridized carbons (Fsp3) is 0.360. The van der Waals surface area contributed by atoms with Crippen LogP contribution in [0.5, 0.6) is 23.0 Å². The van der Waals surface area contributed by atoms with Crippen molar-refractivity contribution >= 4 is 23.8 Å². The normalized spacial score (nSPS) is 10.2. The van der Waals surface area contributed by atoms with Crippen LogP contribution in [0.25, 0.3) is 11.1 Å². The third-order valence-electron chi connectivity index (χ3n) is 5.22. The molecule has 0 aliphatic rings. The Morgan fingerprint density at radius 2 is 0.929 bits per heavy atom. The van der Waals surface area contributed by atoms with E-state index in [-0.39, 0.29) is 83.0 Å². The molecule has 18 N–H and O–H groups in total. The Labute approximate surface area is 243 Å². The first-order chi connectivity index (χ1) is 20.1. The quantitative estimate of drug-likeness (QED) is 0.0492. The maximum Gasteiger partial charge on any atom is 0.186 e. The molecule has 0 heterocycles. The van der Waals surface area contributed by atoms with Gasteiger partial charge in [0.25, 0.3) is 0 Å². The van der Waals surface area contributed by atoms with Crippen molar-refractivity contribution < 1.29 is 18.9 Å². The molecule has 230 valence electrons. The molecular formula is C25H41N13O4. The lowest BCUT2D eigenvalue weighted by atomic mass is 9.99. The van der Waals surface area contributed by atoms with Crippen molar-refractivity contribution in [2.45, 2.75) is 6.54 Å². The van der Waals surface area contributed by atoms with Crippen LogP contribution in [0, 0.1) is 0 Å². The minimum Gasteiger partial charge on any atom is -0.488 e. The molecule has 0 spiro atoms. The zero-order chi connectivity index (χ0) is 30.9. The zero-order valence-electron chi connectivity index (χ0n) is 23.4. The van der Waals surface area contributed by atoms with E-state index in [2.05, 4.69) is 20.0 Å². The SMILES string of the molecule is NCc1ccc(-c2cccc(OCCN=C(N)N)c2OCCN=C(N)N)c(OCCN=C(N)N)c1OCCN=C(N)N. The molecule has 0 bridgehead atoms. The van der Waals surface area contributed by atoms with E-state index in [0.29, 0.717) is 39.7 Å². The van der Waals surface area contributed by atoms with Crippen LogP contribution in [0.15, 0.2) is 50.3 Å². The molecule has 0 aliphatic carbocycles. The third kappa shape index (κ3) is 11.0. The van der Waals surface area contributed by atoms with Crippen molar-refractivity contribution in [3.63, 3.8) is 0 Å². The monoisotopic (exact) mass is 587 g/mol. The van der Waals surface area contributed by atoms with Crippen molar-refractivity contribution in [3.8, 4) is 34.1 Å². The third-order valence-corrected chi connectivity index (χ3v) is 5.22. The van der Waals surface area contributed by atoms with Crippen LogP contribution < -0.4 is 70.6 Å². The molecule has 2 rings (SSSR count). The summed E-state index contributed by atoms with van der Waals surface area (Å²) >= 11 is 0. The van der Waals surface area contributed by atoms with Gasteiger partial charge in [-0.2, -0.15) is 0 Å². The molecule has 0 atom stereocenters. The van der Waals surface area contributed by atoms with Gasteiger partial charge in [0, 0.05) is 23.2 Å². The van der Waals surface area contributed by atoms with Crippen LogP contribution in [-0.4, -0.2) is 76.4 Å². The lowest BCUT2D eigenvalue weighted by Gasteiger charge is -2.21. The zero-order valence-corrected chi connectivity index (χ0v) is 23.4. The van der Waals surface area contributed by atoms with Gasteiger partial charge in [0.15, 0.2) is 46.8 Å². The Kier molecular flexibility index (Phi) is 13.6. The van der Waals surface area contributed by atoms with Gasteiger partial charge in [-0.15, -0.1) is 0 Å². The summed E-state index contributed by atoms with van der Waals surface area (Å²) in [7, 11) is 0. The molecule has 2 aromatic rings. The first-order valence-electron chi connectivity index (χ1n) is 12.9. The van der Waals surface area contributed by atoms with E-state index in [1.54, 1.807) is 12.1 Å². The highest BCUT2D eigenvalue weighted by molar-refractivity contribution is 5.81. The van der Waals surface area contributed by atoms with Crippen LogP contribution >= 0.6 is 0 Å². The minimum atomic E-state index is -0.0646. The summed E-state index contributed by atoms with van der Waals surface area (Å²) in [5, 5.41) is 0. The topological polar surface area (TPSA) is 321 Å². The largest absolute Gasteiger partial charge is 0.488 e. The van der Waals surface area contributed by atoms with E-state index in [4.69, 9.17) is 70.6 Å². The highest BCUT2D eigenvalue weighted by Gasteiger charge is 2.22. The van der Waals surface area contributed by atoms with Crippen molar-refractivity contribution in [1.29, 1.82) is 0 Å². The number of nitrogens with two attached hydrogens (primary N) is 9. The summed E-state index contributed by atoms with van der Waals surface area (Å²) in [6, 6.07) is 9.04. The number of hydrogen-bond donors (Lipinski definition) is 9. The predicted octanol–water partition coefficient (Wildman–Crippen LogP) is -2.58. The van der Waals surface area contributed by atoms with Gasteiger partial charge in [0.05, 0.1) is 26.2 Å². The van der Waals surface area contributed by atoms with Gasteiger partial charge in [-0.05, 0) is 12.1 Å². The van der Waals surface area contributed by atoms with Crippen LogP contribution in [0.3, 0.4) is 0 Å². The average Bonchev–Trinajstić information content (AvgIpc) is 2.93. The lowest BCUT2D eigenvalue weighted by molar-refractivity contribution is 0.274. The van der Waals surface area contributed by atoms with Gasteiger partial charge in [0.2, 0.25) is 0 Å². The Bertz CT molecular complexity index is 1270. The average molecular weight is 588 g/mol. The fourth-order valence-corrected chi connectivity index (χ4v) is 3.57. The van der Waals surface area contributed by atoms with Crippen LogP contribution in [0.4, 0.5) is 0 Å². The summed E-state index contributed by atoms with van der Waals surface area (Å²) in [4.78, 5) is 15.9. The molecule has 0 saturated heterocycles. The molecule has 2 aromatic carbocycles. The number of nitrogens with zero attached hydrogens (tertiary/aromatic N) is 4. The van der Waals surface area contributed by atoms with Crippen molar-refractivity contribution in [1.82, 2.24) is 0 Å². The Hall–Kier alpha value is -5.32. The second-order valence-corrected chi connectivity index (χ2v) is 8.39. The summed E-state index contributed by atoms with van der Waals surface area (Å²) in [5.41, 5.74) is 51.6. The van der Waals surface area contributed by atoms with E-state index < -0.39 is 0 Å². The fourth-order valence-electron chi connectivity index (χ4n) is 3.57. The van der Waals surface area contributed by atoms with E-state index in [0.717, 1.165) is 0 Å². The minimum absolute atomic E-state index is 0.0454. The van der Waals surface area contributed by atoms with E-state index >= 15 is 0 Å². The molecule has 17 heteroatoms. The van der Waals surface area contributed by atoms with Gasteiger partial charge in [0.1, 0.15) is 26.4 Å². The van der Waals surface area contributed by atoms with Gasteiger partial charge in [-0.25, -0.2) is 0 Å². The van der Waals surface area contributed by atoms with E-state index in [1.165, 1.54) is 0 Å². The first-order valence-corrected chi connectivity index (χ1v) is 12.9. The van der Waals surface area contributed by atoms with Gasteiger partial charge in [-0.1, -0.05) is 18.2 Å². The highest BCUT2D eigenvalue weighted by atomic mass is 16.5. The first kappa shape index (κ1) is 32.9. The van der Waals surface area contributed by atoms with Crippen molar-refractivity contribution in [2.75, 3.05) is 52.6 Å². The summed E-state index contributed by atoms with van der Waals surface area (Å²) in [5.74, 6) is 1.37. The lowest BCUT2D eigenvalue weighted by Crippen LogP contribution is -2.24. The smallest absolute Gasteiger partial charge is 0.186 e. The van der Waals surface area contributed by atoms with Gasteiger partial charge < -0.3 is 70.6 Å². The number of hydrogen-bond acceptors (Lipinski definition) is 9. The van der Waals surface area contributed by atoms with Crippen LogP contribution in [0.2, 0.25) is 0 Å². The number of aliphatic imine (C=N–C) groups is 4. The molecule has 17 nitrogen and oxygen atoms in total. The Morgan fingerprint density at radius 3 is 1.40 bits per heavy atom. The van der Waals surface area contributed by atoms with Crippen LogP contribution in [0.1, 0.15) is 5.56 Å². The molecule has 0 radical (unpaired) electrons. The predicted molar refractivity (Wildman–Crippen MR) is 164 cm³/mol.